The summed E-state index contributed by atoms with van der Waals surface area (Å²) in [5, 5.41) is 4.12. The fraction of sp³-hybridized carbons (Fsp3) is 0.643. The number of aryl methyl sites for hydroxylation is 1. The molecule has 1 fully saturated rings. The maximum absolute atomic E-state index is 5.66. The molecule has 1 aromatic heterocycles. The van der Waals surface area contributed by atoms with E-state index in [9.17, 15) is 0 Å². The Labute approximate surface area is 108 Å². The Morgan fingerprint density at radius 1 is 1.39 bits per heavy atom. The molecule has 1 saturated heterocycles. The van der Waals surface area contributed by atoms with Gasteiger partial charge in [-0.05, 0) is 19.1 Å². The van der Waals surface area contributed by atoms with Crippen LogP contribution in [0.2, 0.25) is 0 Å². The molecular weight excluding hydrogens is 226 g/mol. The van der Waals surface area contributed by atoms with E-state index in [0.29, 0.717) is 0 Å². The van der Waals surface area contributed by atoms with Crippen LogP contribution in [0.1, 0.15) is 31.9 Å². The van der Waals surface area contributed by atoms with Crippen molar-refractivity contribution >= 4 is 5.71 Å². The number of rotatable bonds is 2. The van der Waals surface area contributed by atoms with Crippen molar-refractivity contribution in [1.29, 1.82) is 0 Å². The van der Waals surface area contributed by atoms with Crippen molar-refractivity contribution in [3.8, 4) is 0 Å². The minimum Gasteiger partial charge on any atom is -0.389 e. The fourth-order valence-corrected chi connectivity index (χ4v) is 2.98. The van der Waals surface area contributed by atoms with Crippen molar-refractivity contribution in [1.82, 2.24) is 9.47 Å². The summed E-state index contributed by atoms with van der Waals surface area (Å²) in [6.45, 7) is 5.31. The molecule has 2 aliphatic rings. The average molecular weight is 247 g/mol. The van der Waals surface area contributed by atoms with Crippen molar-refractivity contribution in [2.75, 3.05) is 13.1 Å². The molecule has 18 heavy (non-hydrogen) atoms. The average Bonchev–Trinajstić information content (AvgIpc) is 2.91. The Hall–Kier alpha value is -1.29. The van der Waals surface area contributed by atoms with Crippen LogP contribution in [-0.2, 0) is 18.4 Å². The molecule has 0 atom stereocenters. The number of oxime groups is 1. The Morgan fingerprint density at radius 2 is 2.17 bits per heavy atom. The Kier molecular flexibility index (Phi) is 2.90. The van der Waals surface area contributed by atoms with Crippen LogP contribution in [-0.4, -0.2) is 33.9 Å². The van der Waals surface area contributed by atoms with Gasteiger partial charge in [-0.2, -0.15) is 0 Å². The first-order valence-electron chi connectivity index (χ1n) is 6.71. The maximum Gasteiger partial charge on any atom is 0.145 e. The van der Waals surface area contributed by atoms with Gasteiger partial charge in [-0.3, -0.25) is 4.90 Å². The number of piperidine rings is 1. The predicted octanol–water partition coefficient (Wildman–Crippen LogP) is 2.16. The highest BCUT2D eigenvalue weighted by molar-refractivity contribution is 5.83. The topological polar surface area (TPSA) is 29.8 Å². The third-order valence-electron chi connectivity index (χ3n) is 4.18. The number of likely N-dealkylation sites (tertiary alicyclic amines) is 1. The Balaban J connectivity index is 1.56. The van der Waals surface area contributed by atoms with Crippen molar-refractivity contribution in [3.63, 3.8) is 0 Å². The molecule has 2 aliphatic heterocycles. The molecular formula is C14H21N3O. The summed E-state index contributed by atoms with van der Waals surface area (Å²) in [5.41, 5.74) is 2.55. The lowest BCUT2D eigenvalue weighted by Crippen LogP contribution is -2.44. The van der Waals surface area contributed by atoms with Gasteiger partial charge >= 0.3 is 0 Å². The van der Waals surface area contributed by atoms with E-state index in [1.165, 1.54) is 5.69 Å². The second-order valence-corrected chi connectivity index (χ2v) is 5.66. The van der Waals surface area contributed by atoms with E-state index in [1.54, 1.807) is 0 Å². The van der Waals surface area contributed by atoms with Gasteiger partial charge in [0.1, 0.15) is 5.60 Å². The molecule has 0 N–H and O–H groups in total. The van der Waals surface area contributed by atoms with Crippen LogP contribution in [0, 0.1) is 0 Å². The molecule has 0 bridgehead atoms. The van der Waals surface area contributed by atoms with Gasteiger partial charge in [0, 0.05) is 57.8 Å². The van der Waals surface area contributed by atoms with Crippen LogP contribution in [0.3, 0.4) is 0 Å². The van der Waals surface area contributed by atoms with Gasteiger partial charge in [-0.15, -0.1) is 0 Å². The number of hydrogen-bond donors (Lipinski definition) is 0. The molecule has 3 heterocycles. The van der Waals surface area contributed by atoms with E-state index >= 15 is 0 Å². The van der Waals surface area contributed by atoms with Gasteiger partial charge in [-0.25, -0.2) is 0 Å². The lowest BCUT2D eigenvalue weighted by Gasteiger charge is -2.37. The van der Waals surface area contributed by atoms with Crippen LogP contribution < -0.4 is 0 Å². The van der Waals surface area contributed by atoms with E-state index in [2.05, 4.69) is 46.9 Å². The monoisotopic (exact) mass is 247 g/mol. The summed E-state index contributed by atoms with van der Waals surface area (Å²) in [5.74, 6) is 0. The molecule has 0 radical (unpaired) electrons. The van der Waals surface area contributed by atoms with E-state index in [1.807, 2.05) is 0 Å². The highest BCUT2D eigenvalue weighted by Crippen LogP contribution is 2.34. The normalized spacial score (nSPS) is 23.1. The van der Waals surface area contributed by atoms with Crippen molar-refractivity contribution in [2.24, 2.45) is 12.2 Å². The van der Waals surface area contributed by atoms with Crippen molar-refractivity contribution in [2.45, 2.75) is 38.3 Å². The minimum absolute atomic E-state index is 0.0226. The summed E-state index contributed by atoms with van der Waals surface area (Å²) in [4.78, 5) is 8.17. The van der Waals surface area contributed by atoms with E-state index in [0.717, 1.165) is 44.6 Å². The molecule has 1 aromatic rings. The van der Waals surface area contributed by atoms with Crippen LogP contribution in [0.4, 0.5) is 0 Å². The SMILES string of the molecule is CC1=NOC2(CCN(Cc3cccn3C)CC2)C1. The van der Waals surface area contributed by atoms with Gasteiger partial charge in [0.25, 0.3) is 0 Å². The summed E-state index contributed by atoms with van der Waals surface area (Å²) >= 11 is 0. The van der Waals surface area contributed by atoms with Crippen LogP contribution in [0.25, 0.3) is 0 Å². The smallest absolute Gasteiger partial charge is 0.145 e. The highest BCUT2D eigenvalue weighted by Gasteiger charge is 2.40. The summed E-state index contributed by atoms with van der Waals surface area (Å²) in [6.07, 6.45) is 5.32. The number of nitrogens with zero attached hydrogens (tertiary/aromatic N) is 3. The zero-order chi connectivity index (χ0) is 12.6. The second kappa shape index (κ2) is 4.43. The largest absolute Gasteiger partial charge is 0.389 e. The minimum atomic E-state index is 0.0226. The van der Waals surface area contributed by atoms with E-state index < -0.39 is 0 Å². The van der Waals surface area contributed by atoms with E-state index in [4.69, 9.17) is 4.84 Å². The van der Waals surface area contributed by atoms with Crippen molar-refractivity contribution in [3.05, 3.63) is 24.0 Å². The predicted molar refractivity (Wildman–Crippen MR) is 71.5 cm³/mol. The lowest BCUT2D eigenvalue weighted by molar-refractivity contribution is -0.0629. The third kappa shape index (κ3) is 2.17. The molecule has 4 nitrogen and oxygen atoms in total. The highest BCUT2D eigenvalue weighted by atomic mass is 16.7. The first-order valence-corrected chi connectivity index (χ1v) is 6.71. The molecule has 0 amide bonds. The zero-order valence-corrected chi connectivity index (χ0v) is 11.2. The first-order chi connectivity index (χ1) is 8.67. The van der Waals surface area contributed by atoms with Gasteiger partial charge < -0.3 is 9.40 Å². The summed E-state index contributed by atoms with van der Waals surface area (Å²) < 4.78 is 2.20. The number of aromatic nitrogens is 1. The quantitative estimate of drug-likeness (QED) is 0.801. The third-order valence-corrected chi connectivity index (χ3v) is 4.18. The molecule has 0 aromatic carbocycles. The van der Waals surface area contributed by atoms with Crippen LogP contribution in [0.5, 0.6) is 0 Å². The molecule has 0 saturated carbocycles. The molecule has 0 unspecified atom stereocenters. The van der Waals surface area contributed by atoms with Crippen molar-refractivity contribution < 1.29 is 4.84 Å². The van der Waals surface area contributed by atoms with Gasteiger partial charge in [-0.1, -0.05) is 5.16 Å². The van der Waals surface area contributed by atoms with Gasteiger partial charge in [0.15, 0.2) is 0 Å². The standard InChI is InChI=1S/C14H21N3O/c1-12-10-14(18-15-12)5-8-17(9-6-14)11-13-4-3-7-16(13)2/h3-4,7H,5-6,8-11H2,1-2H3. The van der Waals surface area contributed by atoms with Gasteiger partial charge in [0.2, 0.25) is 0 Å². The molecule has 3 rings (SSSR count). The number of hydrogen-bond acceptors (Lipinski definition) is 3. The lowest BCUT2D eigenvalue weighted by atomic mass is 9.87. The molecule has 0 aliphatic carbocycles. The second-order valence-electron chi connectivity index (χ2n) is 5.66. The Morgan fingerprint density at radius 3 is 2.72 bits per heavy atom. The summed E-state index contributed by atoms with van der Waals surface area (Å²) in [7, 11) is 2.11. The van der Waals surface area contributed by atoms with Crippen LogP contribution in [0.15, 0.2) is 23.5 Å². The Bertz CT molecular complexity index is 455. The van der Waals surface area contributed by atoms with E-state index in [-0.39, 0.29) is 5.60 Å². The zero-order valence-electron chi connectivity index (χ0n) is 11.2. The molecule has 98 valence electrons. The maximum atomic E-state index is 5.66. The van der Waals surface area contributed by atoms with Crippen LogP contribution >= 0.6 is 0 Å². The summed E-state index contributed by atoms with van der Waals surface area (Å²) in [6, 6.07) is 4.31. The first kappa shape index (κ1) is 11.8. The molecule has 1 spiro atoms. The fourth-order valence-electron chi connectivity index (χ4n) is 2.98. The van der Waals surface area contributed by atoms with Gasteiger partial charge in [0.05, 0.1) is 5.71 Å². The molecule has 4 heteroatoms.